The van der Waals surface area contributed by atoms with Gasteiger partial charge >= 0.3 is 0 Å². The third kappa shape index (κ3) is 3.19. The molecule has 86 valence electrons. The van der Waals surface area contributed by atoms with Crippen LogP contribution < -0.4 is 0 Å². The number of nitrogens with zero attached hydrogens (tertiary/aromatic N) is 3. The summed E-state index contributed by atoms with van der Waals surface area (Å²) < 4.78 is 1.80. The maximum atomic E-state index is 4.03. The fourth-order valence-corrected chi connectivity index (χ4v) is 1.36. The molecule has 1 aliphatic rings. The zero-order valence-electron chi connectivity index (χ0n) is 10.4. The lowest BCUT2D eigenvalue weighted by Gasteiger charge is -1.98. The van der Waals surface area contributed by atoms with Gasteiger partial charge < -0.3 is 0 Å². The van der Waals surface area contributed by atoms with Crippen molar-refractivity contribution in [3.05, 3.63) is 41.8 Å². The highest BCUT2D eigenvalue weighted by atomic mass is 15.4. The normalized spacial score (nSPS) is 14.5. The van der Waals surface area contributed by atoms with Crippen LogP contribution in [0.4, 0.5) is 0 Å². The van der Waals surface area contributed by atoms with Gasteiger partial charge in [0.2, 0.25) is 0 Å². The number of aryl methyl sites for hydroxylation is 1. The molecule has 3 nitrogen and oxygen atoms in total. The van der Waals surface area contributed by atoms with E-state index in [9.17, 15) is 0 Å². The van der Waals surface area contributed by atoms with Crippen LogP contribution in [0.25, 0.3) is 5.70 Å². The minimum absolute atomic E-state index is 0.938. The molecule has 16 heavy (non-hydrogen) atoms. The maximum Gasteiger partial charge on any atom is 0.0800 e. The van der Waals surface area contributed by atoms with Crippen LogP contribution in [0.3, 0.4) is 0 Å². The minimum Gasteiger partial charge on any atom is -0.221 e. The second-order valence-corrected chi connectivity index (χ2v) is 3.45. The average Bonchev–Trinajstić information content (AvgIpc) is 2.60. The van der Waals surface area contributed by atoms with E-state index in [4.69, 9.17) is 0 Å². The molecule has 1 aromatic rings. The van der Waals surface area contributed by atoms with Crippen LogP contribution in [0.5, 0.6) is 0 Å². The number of allylic oxidation sites excluding steroid dienone is 6. The third-order valence-corrected chi connectivity index (χ3v) is 2.16. The molecule has 0 spiro atoms. The summed E-state index contributed by atoms with van der Waals surface area (Å²) in [5.41, 5.74) is 3.31. The van der Waals surface area contributed by atoms with Crippen LogP contribution in [0, 0.1) is 6.92 Å². The van der Waals surface area contributed by atoms with Gasteiger partial charge in [-0.05, 0) is 26.3 Å². The number of aromatic nitrogens is 3. The lowest BCUT2D eigenvalue weighted by atomic mass is 10.2. The van der Waals surface area contributed by atoms with Gasteiger partial charge in [0, 0.05) is 0 Å². The van der Waals surface area contributed by atoms with Crippen LogP contribution in [-0.4, -0.2) is 15.0 Å². The van der Waals surface area contributed by atoms with Crippen LogP contribution >= 0.6 is 0 Å². The molecule has 0 fully saturated rings. The van der Waals surface area contributed by atoms with E-state index in [2.05, 4.69) is 41.5 Å². The molecule has 2 rings (SSSR count). The van der Waals surface area contributed by atoms with Gasteiger partial charge in [-0.25, -0.2) is 4.68 Å². The highest BCUT2D eigenvalue weighted by Crippen LogP contribution is 2.13. The summed E-state index contributed by atoms with van der Waals surface area (Å²) in [5.74, 6) is 0. The first-order valence-corrected chi connectivity index (χ1v) is 5.70. The summed E-state index contributed by atoms with van der Waals surface area (Å²) in [7, 11) is 0. The molecular weight excluding hydrogens is 198 g/mol. The molecule has 0 bridgehead atoms. The van der Waals surface area contributed by atoms with E-state index in [-0.39, 0.29) is 0 Å². The van der Waals surface area contributed by atoms with Gasteiger partial charge in [0.05, 0.1) is 17.6 Å². The van der Waals surface area contributed by atoms with Crippen LogP contribution in [-0.2, 0) is 0 Å². The van der Waals surface area contributed by atoms with Gasteiger partial charge in [-0.15, -0.1) is 5.10 Å². The number of hydrogen-bond donors (Lipinski definition) is 0. The van der Waals surface area contributed by atoms with Gasteiger partial charge in [0.1, 0.15) is 0 Å². The van der Waals surface area contributed by atoms with Gasteiger partial charge in [-0.3, -0.25) is 0 Å². The SMILES string of the molecule is CC.CC1=CCC=C(n2cc(C)nn2)C=C1. The monoisotopic (exact) mass is 217 g/mol. The smallest absolute Gasteiger partial charge is 0.0800 e. The van der Waals surface area contributed by atoms with Crippen molar-refractivity contribution in [2.24, 2.45) is 0 Å². The predicted molar refractivity (Wildman–Crippen MR) is 67.9 cm³/mol. The van der Waals surface area contributed by atoms with Crippen molar-refractivity contribution >= 4 is 5.70 Å². The summed E-state index contributed by atoms with van der Waals surface area (Å²) in [6.07, 6.45) is 11.4. The van der Waals surface area contributed by atoms with E-state index in [1.165, 1.54) is 5.57 Å². The van der Waals surface area contributed by atoms with Crippen LogP contribution in [0.2, 0.25) is 0 Å². The molecule has 0 saturated heterocycles. The Labute approximate surface area is 97.2 Å². The Morgan fingerprint density at radius 3 is 2.50 bits per heavy atom. The Balaban J connectivity index is 0.000000606. The molecule has 0 atom stereocenters. The first kappa shape index (κ1) is 12.4. The zero-order valence-corrected chi connectivity index (χ0v) is 10.4. The highest BCUT2D eigenvalue weighted by molar-refractivity contribution is 5.58. The molecule has 0 amide bonds. The Bertz CT molecular complexity index is 422. The predicted octanol–water partition coefficient (Wildman–Crippen LogP) is 3.36. The van der Waals surface area contributed by atoms with Gasteiger partial charge in [-0.1, -0.05) is 42.9 Å². The van der Waals surface area contributed by atoms with E-state index < -0.39 is 0 Å². The molecule has 1 aliphatic carbocycles. The molecule has 0 unspecified atom stereocenters. The van der Waals surface area contributed by atoms with E-state index in [1.54, 1.807) is 4.68 Å². The molecule has 0 N–H and O–H groups in total. The highest BCUT2D eigenvalue weighted by Gasteiger charge is 2.00. The lowest BCUT2D eigenvalue weighted by molar-refractivity contribution is 0.819. The van der Waals surface area contributed by atoms with Crippen molar-refractivity contribution in [2.75, 3.05) is 0 Å². The van der Waals surface area contributed by atoms with Crippen molar-refractivity contribution < 1.29 is 0 Å². The summed E-state index contributed by atoms with van der Waals surface area (Å²) >= 11 is 0. The molecule has 0 aliphatic heterocycles. The van der Waals surface area contributed by atoms with E-state index in [0.29, 0.717) is 0 Å². The molecule has 0 radical (unpaired) electrons. The van der Waals surface area contributed by atoms with E-state index in [1.807, 2.05) is 27.0 Å². The molecule has 0 saturated carbocycles. The third-order valence-electron chi connectivity index (χ3n) is 2.16. The van der Waals surface area contributed by atoms with Gasteiger partial charge in [0.25, 0.3) is 0 Å². The lowest BCUT2D eigenvalue weighted by Crippen LogP contribution is -1.95. The molecule has 1 aromatic heterocycles. The number of rotatable bonds is 1. The standard InChI is InChI=1S/C11H13N3.C2H6/c1-9-4-3-5-11(7-6-9)14-8-10(2)12-13-14;1-2/h4-8H,3H2,1-2H3;1-2H3. The Hall–Kier alpha value is -1.64. The van der Waals surface area contributed by atoms with Crippen molar-refractivity contribution in [2.45, 2.75) is 34.1 Å². The fourth-order valence-electron chi connectivity index (χ4n) is 1.36. The summed E-state index contributed by atoms with van der Waals surface area (Å²) in [4.78, 5) is 0. The first-order valence-electron chi connectivity index (χ1n) is 5.70. The minimum atomic E-state index is 0.938. The largest absolute Gasteiger partial charge is 0.221 e. The second-order valence-electron chi connectivity index (χ2n) is 3.45. The maximum absolute atomic E-state index is 4.03. The van der Waals surface area contributed by atoms with E-state index in [0.717, 1.165) is 17.8 Å². The second kappa shape index (κ2) is 6.05. The molecule has 3 heteroatoms. The number of hydrogen-bond acceptors (Lipinski definition) is 2. The first-order chi connectivity index (χ1) is 7.75. The zero-order chi connectivity index (χ0) is 12.0. The quantitative estimate of drug-likeness (QED) is 0.722. The van der Waals surface area contributed by atoms with Gasteiger partial charge in [-0.2, -0.15) is 0 Å². The molecule has 0 aromatic carbocycles. The molecular formula is C13H19N3. The van der Waals surface area contributed by atoms with Crippen molar-refractivity contribution in [3.63, 3.8) is 0 Å². The Morgan fingerprint density at radius 1 is 1.12 bits per heavy atom. The van der Waals surface area contributed by atoms with Crippen LogP contribution in [0.1, 0.15) is 32.9 Å². The Kier molecular flexibility index (Phi) is 4.70. The summed E-state index contributed by atoms with van der Waals surface area (Å²) in [5, 5.41) is 7.99. The summed E-state index contributed by atoms with van der Waals surface area (Å²) in [6, 6.07) is 0. The Morgan fingerprint density at radius 2 is 1.88 bits per heavy atom. The molecule has 1 heterocycles. The van der Waals surface area contributed by atoms with Crippen molar-refractivity contribution in [3.8, 4) is 0 Å². The fraction of sp³-hybridized carbons (Fsp3) is 0.385. The average molecular weight is 217 g/mol. The van der Waals surface area contributed by atoms with E-state index >= 15 is 0 Å². The van der Waals surface area contributed by atoms with Crippen molar-refractivity contribution in [1.29, 1.82) is 0 Å². The topological polar surface area (TPSA) is 30.7 Å². The van der Waals surface area contributed by atoms with Crippen LogP contribution in [0.15, 0.2) is 36.1 Å². The van der Waals surface area contributed by atoms with Gasteiger partial charge in [0.15, 0.2) is 0 Å². The van der Waals surface area contributed by atoms with Crippen molar-refractivity contribution in [1.82, 2.24) is 15.0 Å². The summed E-state index contributed by atoms with van der Waals surface area (Å²) in [6.45, 7) is 8.04.